The molecule has 0 heterocycles. The summed E-state index contributed by atoms with van der Waals surface area (Å²) in [6, 6.07) is 24.4. The molecule has 0 fully saturated rings. The van der Waals surface area contributed by atoms with Gasteiger partial charge in [-0.2, -0.15) is 0 Å². The Morgan fingerprint density at radius 2 is 1.65 bits per heavy atom. The van der Waals surface area contributed by atoms with Gasteiger partial charge in [-0.3, -0.25) is 0 Å². The summed E-state index contributed by atoms with van der Waals surface area (Å²) < 4.78 is 20.0. The van der Waals surface area contributed by atoms with E-state index in [0.29, 0.717) is 22.2 Å². The Hall–Kier alpha value is -2.59. The number of fused-ring (bicyclic) bond motifs is 1. The van der Waals surface area contributed by atoms with Crippen molar-refractivity contribution >= 4 is 34.0 Å². The predicted molar refractivity (Wildman–Crippen MR) is 127 cm³/mol. The summed E-state index contributed by atoms with van der Waals surface area (Å²) >= 11 is 12.3. The third kappa shape index (κ3) is 5.37. The van der Waals surface area contributed by atoms with E-state index in [1.165, 1.54) is 6.07 Å². The molecule has 0 spiro atoms. The van der Waals surface area contributed by atoms with Crippen LogP contribution in [0.1, 0.15) is 16.7 Å². The standard InChI is InChI=1S/C26H22Cl2FNO/c27-21-11-9-19(24(28)15-21)13-14-30-16-23-22-7-3-1-5-18(22)10-12-26(23)31-17-20-6-2-4-8-25(20)29/h1-12,15,30H,13-14,16-17H2. The van der Waals surface area contributed by atoms with Crippen LogP contribution in [0.3, 0.4) is 0 Å². The SMILES string of the molecule is Fc1ccccc1COc1ccc2ccccc2c1CNCCc1ccc(Cl)cc1Cl. The van der Waals surface area contributed by atoms with E-state index < -0.39 is 0 Å². The molecule has 0 aliphatic carbocycles. The summed E-state index contributed by atoms with van der Waals surface area (Å²) in [7, 11) is 0. The maximum absolute atomic E-state index is 14.0. The largest absolute Gasteiger partial charge is 0.488 e. The van der Waals surface area contributed by atoms with Crippen LogP contribution in [0.15, 0.2) is 78.9 Å². The molecule has 0 amide bonds. The fourth-order valence-electron chi connectivity index (χ4n) is 3.57. The van der Waals surface area contributed by atoms with Gasteiger partial charge in [0.25, 0.3) is 0 Å². The highest BCUT2D eigenvalue weighted by atomic mass is 35.5. The second kappa shape index (κ2) is 10.1. The average molecular weight is 454 g/mol. The first-order valence-electron chi connectivity index (χ1n) is 10.1. The Kier molecular flexibility index (Phi) is 7.08. The molecule has 5 heteroatoms. The first kappa shape index (κ1) is 21.6. The zero-order valence-electron chi connectivity index (χ0n) is 16.9. The highest BCUT2D eigenvalue weighted by molar-refractivity contribution is 6.35. The number of hydrogen-bond acceptors (Lipinski definition) is 2. The Bertz CT molecular complexity index is 1200. The summed E-state index contributed by atoms with van der Waals surface area (Å²) in [6.45, 7) is 1.55. The molecule has 2 nitrogen and oxygen atoms in total. The lowest BCUT2D eigenvalue weighted by atomic mass is 10.0. The molecule has 0 bridgehead atoms. The molecule has 31 heavy (non-hydrogen) atoms. The molecule has 4 aromatic carbocycles. The molecule has 0 atom stereocenters. The lowest BCUT2D eigenvalue weighted by Gasteiger charge is -2.16. The van der Waals surface area contributed by atoms with Gasteiger partial charge in [0.1, 0.15) is 18.2 Å². The molecule has 0 aliphatic heterocycles. The minimum atomic E-state index is -0.261. The van der Waals surface area contributed by atoms with Gasteiger partial charge in [-0.25, -0.2) is 4.39 Å². The highest BCUT2D eigenvalue weighted by Crippen LogP contribution is 2.29. The van der Waals surface area contributed by atoms with Crippen molar-refractivity contribution in [2.75, 3.05) is 6.54 Å². The molecule has 0 aromatic heterocycles. The number of nitrogens with one attached hydrogen (secondary N) is 1. The first-order valence-corrected chi connectivity index (χ1v) is 10.9. The molecule has 4 aromatic rings. The summed E-state index contributed by atoms with van der Waals surface area (Å²) in [5.41, 5.74) is 2.64. The van der Waals surface area contributed by atoms with Crippen LogP contribution >= 0.6 is 23.2 Å². The van der Waals surface area contributed by atoms with Gasteiger partial charge in [-0.15, -0.1) is 0 Å². The third-order valence-corrected chi connectivity index (χ3v) is 5.81. The second-order valence-corrected chi connectivity index (χ2v) is 8.15. The van der Waals surface area contributed by atoms with Crippen molar-refractivity contribution in [2.45, 2.75) is 19.6 Å². The van der Waals surface area contributed by atoms with Crippen molar-refractivity contribution in [3.63, 3.8) is 0 Å². The number of hydrogen-bond donors (Lipinski definition) is 1. The molecule has 0 saturated heterocycles. The van der Waals surface area contributed by atoms with Crippen LogP contribution in [-0.2, 0) is 19.6 Å². The number of halogens is 3. The summed E-state index contributed by atoms with van der Waals surface area (Å²) in [4.78, 5) is 0. The fraction of sp³-hybridized carbons (Fsp3) is 0.154. The Balaban J connectivity index is 1.49. The van der Waals surface area contributed by atoms with E-state index in [1.54, 1.807) is 18.2 Å². The monoisotopic (exact) mass is 453 g/mol. The van der Waals surface area contributed by atoms with Crippen LogP contribution in [0, 0.1) is 5.82 Å². The van der Waals surface area contributed by atoms with E-state index in [0.717, 1.165) is 40.6 Å². The molecule has 0 aliphatic rings. The fourth-order valence-corrected chi connectivity index (χ4v) is 4.07. The molecule has 1 N–H and O–H groups in total. The van der Waals surface area contributed by atoms with Crippen molar-refractivity contribution in [3.05, 3.63) is 111 Å². The van der Waals surface area contributed by atoms with Gasteiger partial charge in [-0.05, 0) is 53.6 Å². The van der Waals surface area contributed by atoms with Crippen molar-refractivity contribution in [1.29, 1.82) is 0 Å². The maximum Gasteiger partial charge on any atom is 0.129 e. The zero-order valence-corrected chi connectivity index (χ0v) is 18.4. The number of benzene rings is 4. The van der Waals surface area contributed by atoms with Gasteiger partial charge < -0.3 is 10.1 Å². The van der Waals surface area contributed by atoms with E-state index in [2.05, 4.69) is 17.4 Å². The van der Waals surface area contributed by atoms with E-state index in [-0.39, 0.29) is 12.4 Å². The predicted octanol–water partition coefficient (Wildman–Crippen LogP) is 7.20. The molecular weight excluding hydrogens is 432 g/mol. The molecule has 0 unspecified atom stereocenters. The topological polar surface area (TPSA) is 21.3 Å². The maximum atomic E-state index is 14.0. The van der Waals surface area contributed by atoms with Gasteiger partial charge >= 0.3 is 0 Å². The van der Waals surface area contributed by atoms with Crippen LogP contribution in [0.25, 0.3) is 10.8 Å². The minimum absolute atomic E-state index is 0.179. The van der Waals surface area contributed by atoms with Gasteiger partial charge in [0.05, 0.1) is 0 Å². The third-order valence-electron chi connectivity index (χ3n) is 5.23. The van der Waals surface area contributed by atoms with Crippen LogP contribution in [0.5, 0.6) is 5.75 Å². The zero-order chi connectivity index (χ0) is 21.6. The molecule has 0 saturated carbocycles. The van der Waals surface area contributed by atoms with E-state index in [1.807, 2.05) is 42.5 Å². The average Bonchev–Trinajstić information content (AvgIpc) is 2.78. The van der Waals surface area contributed by atoms with E-state index in [4.69, 9.17) is 27.9 Å². The van der Waals surface area contributed by atoms with Crippen LogP contribution in [0.4, 0.5) is 4.39 Å². The summed E-state index contributed by atoms with van der Waals surface area (Å²) in [5, 5.41) is 7.05. The van der Waals surface area contributed by atoms with E-state index in [9.17, 15) is 4.39 Å². The van der Waals surface area contributed by atoms with Crippen molar-refractivity contribution in [3.8, 4) is 5.75 Å². The summed E-state index contributed by atoms with van der Waals surface area (Å²) in [6.07, 6.45) is 0.784. The van der Waals surface area contributed by atoms with Crippen molar-refractivity contribution < 1.29 is 9.13 Å². The summed E-state index contributed by atoms with van der Waals surface area (Å²) in [5.74, 6) is 0.488. The molecular formula is C26H22Cl2FNO. The van der Waals surface area contributed by atoms with Crippen molar-refractivity contribution in [2.24, 2.45) is 0 Å². The first-order chi connectivity index (χ1) is 15.1. The van der Waals surface area contributed by atoms with Gasteiger partial charge in [0.2, 0.25) is 0 Å². The Morgan fingerprint density at radius 1 is 0.839 bits per heavy atom. The molecule has 4 rings (SSSR count). The van der Waals surface area contributed by atoms with Gasteiger partial charge in [-0.1, -0.05) is 77.8 Å². The van der Waals surface area contributed by atoms with Crippen LogP contribution in [0.2, 0.25) is 10.0 Å². The number of ether oxygens (including phenoxy) is 1. The Labute approximate surface area is 191 Å². The molecule has 158 valence electrons. The lowest BCUT2D eigenvalue weighted by molar-refractivity contribution is 0.296. The second-order valence-electron chi connectivity index (χ2n) is 7.31. The van der Waals surface area contributed by atoms with E-state index >= 15 is 0 Å². The Morgan fingerprint density at radius 3 is 2.48 bits per heavy atom. The smallest absolute Gasteiger partial charge is 0.129 e. The lowest BCUT2D eigenvalue weighted by Crippen LogP contribution is -2.18. The van der Waals surface area contributed by atoms with Crippen molar-refractivity contribution in [1.82, 2.24) is 5.32 Å². The minimum Gasteiger partial charge on any atom is -0.488 e. The van der Waals surface area contributed by atoms with Crippen LogP contribution < -0.4 is 10.1 Å². The normalized spacial score (nSPS) is 11.1. The quantitative estimate of drug-likeness (QED) is 0.285. The molecule has 0 radical (unpaired) electrons. The number of rotatable bonds is 8. The van der Waals surface area contributed by atoms with Gasteiger partial charge in [0.15, 0.2) is 0 Å². The van der Waals surface area contributed by atoms with Crippen LogP contribution in [-0.4, -0.2) is 6.54 Å². The highest BCUT2D eigenvalue weighted by Gasteiger charge is 2.11. The van der Waals surface area contributed by atoms with Gasteiger partial charge in [0, 0.05) is 27.7 Å².